The van der Waals surface area contributed by atoms with Crippen molar-refractivity contribution in [3.8, 4) is 11.1 Å². The molecular weight excluding hydrogens is 424 g/mol. The van der Waals surface area contributed by atoms with E-state index < -0.39 is 11.6 Å². The number of halogens is 2. The topological polar surface area (TPSA) is 58.4 Å². The molecule has 1 saturated heterocycles. The highest BCUT2D eigenvalue weighted by Gasteiger charge is 2.34. The molecule has 33 heavy (non-hydrogen) atoms. The van der Waals surface area contributed by atoms with E-state index in [2.05, 4.69) is 10.3 Å². The zero-order chi connectivity index (χ0) is 23.1. The maximum atomic E-state index is 14.2. The second kappa shape index (κ2) is 8.31. The van der Waals surface area contributed by atoms with Gasteiger partial charge < -0.3 is 14.6 Å². The predicted octanol–water partition coefficient (Wildman–Crippen LogP) is 6.76. The van der Waals surface area contributed by atoms with Gasteiger partial charge in [-0.25, -0.2) is 18.6 Å². The van der Waals surface area contributed by atoms with Crippen LogP contribution in [0.4, 0.5) is 19.3 Å². The minimum Gasteiger partial charge on any atom is -0.438 e. The normalized spacial score (nSPS) is 15.9. The van der Waals surface area contributed by atoms with E-state index in [1.165, 1.54) is 12.1 Å². The second-order valence-electron chi connectivity index (χ2n) is 8.41. The van der Waals surface area contributed by atoms with Crippen LogP contribution in [0.1, 0.15) is 35.9 Å². The molecule has 7 heteroatoms. The first-order valence-electron chi connectivity index (χ1n) is 10.9. The standard InChI is InChI=1S/C26H23F2N3O2/c1-15-5-3-6-16(2)24(15)30-26(32)31-12-4-7-22(31)25-29-21-13-17(8-11-23(21)33-25)19-10-9-18(27)14-20(19)28/h3,5-6,8-11,13-14,22H,4,7,12H2,1-2H3,(H,30,32). The zero-order valence-electron chi connectivity index (χ0n) is 18.4. The van der Waals surface area contributed by atoms with Crippen LogP contribution in [0.25, 0.3) is 22.2 Å². The van der Waals surface area contributed by atoms with Crippen LogP contribution in [0.15, 0.2) is 59.0 Å². The minimum absolute atomic E-state index is 0.189. The van der Waals surface area contributed by atoms with Crippen LogP contribution in [0.3, 0.4) is 0 Å². The van der Waals surface area contributed by atoms with Crippen molar-refractivity contribution in [1.29, 1.82) is 0 Å². The van der Waals surface area contributed by atoms with Gasteiger partial charge in [-0.1, -0.05) is 24.3 Å². The Hall–Kier alpha value is -3.74. The largest absolute Gasteiger partial charge is 0.438 e. The number of benzene rings is 3. The monoisotopic (exact) mass is 447 g/mol. The number of likely N-dealkylation sites (tertiary alicyclic amines) is 1. The van der Waals surface area contributed by atoms with E-state index in [1.807, 2.05) is 32.0 Å². The Kier molecular flexibility index (Phi) is 5.32. The van der Waals surface area contributed by atoms with Crippen molar-refractivity contribution in [2.24, 2.45) is 0 Å². The van der Waals surface area contributed by atoms with E-state index in [9.17, 15) is 13.6 Å². The van der Waals surface area contributed by atoms with E-state index >= 15 is 0 Å². The summed E-state index contributed by atoms with van der Waals surface area (Å²) >= 11 is 0. The van der Waals surface area contributed by atoms with Crippen LogP contribution in [0.5, 0.6) is 0 Å². The van der Waals surface area contributed by atoms with E-state index in [0.29, 0.717) is 34.7 Å². The Balaban J connectivity index is 1.42. The molecule has 1 atom stereocenters. The number of nitrogens with one attached hydrogen (secondary N) is 1. The molecule has 4 aromatic rings. The van der Waals surface area contributed by atoms with Gasteiger partial charge in [0.05, 0.1) is 0 Å². The van der Waals surface area contributed by atoms with Crippen LogP contribution >= 0.6 is 0 Å². The molecule has 1 N–H and O–H groups in total. The molecular formula is C26H23F2N3O2. The van der Waals surface area contributed by atoms with Gasteiger partial charge in [-0.2, -0.15) is 0 Å². The molecule has 2 amide bonds. The summed E-state index contributed by atoms with van der Waals surface area (Å²) in [5, 5.41) is 3.04. The number of oxazole rings is 1. The van der Waals surface area contributed by atoms with Crippen LogP contribution < -0.4 is 5.32 Å². The lowest BCUT2D eigenvalue weighted by Gasteiger charge is -2.23. The van der Waals surface area contributed by atoms with Gasteiger partial charge >= 0.3 is 6.03 Å². The molecule has 0 radical (unpaired) electrons. The third-order valence-corrected chi connectivity index (χ3v) is 6.16. The summed E-state index contributed by atoms with van der Waals surface area (Å²) in [5.41, 5.74) is 4.81. The lowest BCUT2D eigenvalue weighted by Crippen LogP contribution is -2.35. The number of aromatic nitrogens is 1. The molecule has 3 aromatic carbocycles. The van der Waals surface area contributed by atoms with Crippen LogP contribution in [0.2, 0.25) is 0 Å². The van der Waals surface area contributed by atoms with Gasteiger partial charge in [0.2, 0.25) is 5.89 Å². The molecule has 0 spiro atoms. The highest BCUT2D eigenvalue weighted by Crippen LogP contribution is 2.35. The van der Waals surface area contributed by atoms with Gasteiger partial charge in [0.25, 0.3) is 0 Å². The maximum absolute atomic E-state index is 14.2. The van der Waals surface area contributed by atoms with Gasteiger partial charge in [0.15, 0.2) is 5.58 Å². The van der Waals surface area contributed by atoms with Crippen molar-refractivity contribution < 1.29 is 18.0 Å². The Morgan fingerprint density at radius 3 is 2.64 bits per heavy atom. The van der Waals surface area contributed by atoms with Gasteiger partial charge in [-0.15, -0.1) is 0 Å². The summed E-state index contributed by atoms with van der Waals surface area (Å²) in [6, 6.07) is 14.1. The zero-order valence-corrected chi connectivity index (χ0v) is 18.4. The Morgan fingerprint density at radius 2 is 1.88 bits per heavy atom. The number of hydrogen-bond acceptors (Lipinski definition) is 3. The molecule has 0 bridgehead atoms. The number of aryl methyl sites for hydroxylation is 2. The van der Waals surface area contributed by atoms with Crippen molar-refractivity contribution in [3.05, 3.63) is 83.2 Å². The first kappa shape index (κ1) is 21.1. The van der Waals surface area contributed by atoms with Gasteiger partial charge in [0.1, 0.15) is 23.2 Å². The molecule has 1 aromatic heterocycles. The minimum atomic E-state index is -0.636. The molecule has 2 heterocycles. The Labute approximate surface area is 190 Å². The summed E-state index contributed by atoms with van der Waals surface area (Å²) < 4.78 is 33.5. The van der Waals surface area contributed by atoms with Crippen molar-refractivity contribution >= 4 is 22.8 Å². The van der Waals surface area contributed by atoms with E-state index in [1.54, 1.807) is 23.1 Å². The quantitative estimate of drug-likeness (QED) is 0.378. The first-order valence-corrected chi connectivity index (χ1v) is 10.9. The molecule has 1 fully saturated rings. The van der Waals surface area contributed by atoms with Gasteiger partial charge in [-0.05, 0) is 67.6 Å². The maximum Gasteiger partial charge on any atom is 0.322 e. The molecule has 0 aliphatic carbocycles. The molecule has 0 saturated carbocycles. The molecule has 1 unspecified atom stereocenters. The first-order chi connectivity index (χ1) is 15.9. The highest BCUT2D eigenvalue weighted by atomic mass is 19.1. The molecule has 1 aliphatic heterocycles. The van der Waals surface area contributed by atoms with E-state index in [4.69, 9.17) is 4.42 Å². The predicted molar refractivity (Wildman–Crippen MR) is 123 cm³/mol. The Morgan fingerprint density at radius 1 is 1.09 bits per heavy atom. The third-order valence-electron chi connectivity index (χ3n) is 6.16. The summed E-state index contributed by atoms with van der Waals surface area (Å²) in [6.07, 6.45) is 1.59. The van der Waals surface area contributed by atoms with Crippen LogP contribution in [0, 0.1) is 25.5 Å². The molecule has 5 rings (SSSR count). The number of fused-ring (bicyclic) bond motifs is 1. The number of hydrogen-bond donors (Lipinski definition) is 1. The summed E-state index contributed by atoms with van der Waals surface area (Å²) in [6.45, 7) is 4.53. The summed E-state index contributed by atoms with van der Waals surface area (Å²) in [4.78, 5) is 19.5. The second-order valence-corrected chi connectivity index (χ2v) is 8.41. The summed E-state index contributed by atoms with van der Waals surface area (Å²) in [7, 11) is 0. The number of amides is 2. The van der Waals surface area contributed by atoms with Crippen molar-refractivity contribution in [3.63, 3.8) is 0 Å². The number of nitrogens with zero attached hydrogens (tertiary/aromatic N) is 2. The fraction of sp³-hybridized carbons (Fsp3) is 0.231. The lowest BCUT2D eigenvalue weighted by atomic mass is 10.0. The van der Waals surface area contributed by atoms with Crippen molar-refractivity contribution in [1.82, 2.24) is 9.88 Å². The highest BCUT2D eigenvalue weighted by molar-refractivity contribution is 5.91. The SMILES string of the molecule is Cc1cccc(C)c1NC(=O)N1CCCC1c1nc2cc(-c3ccc(F)cc3F)ccc2o1. The molecule has 5 nitrogen and oxygen atoms in total. The van der Waals surface area contributed by atoms with E-state index in [0.717, 1.165) is 35.7 Å². The smallest absolute Gasteiger partial charge is 0.322 e. The molecule has 168 valence electrons. The fourth-order valence-electron chi connectivity index (χ4n) is 4.44. The third kappa shape index (κ3) is 3.95. The summed E-state index contributed by atoms with van der Waals surface area (Å²) in [5.74, 6) is -0.805. The number of rotatable bonds is 3. The fourth-order valence-corrected chi connectivity index (χ4v) is 4.44. The van der Waals surface area contributed by atoms with Crippen molar-refractivity contribution in [2.45, 2.75) is 32.7 Å². The average molecular weight is 447 g/mol. The number of urea groups is 1. The van der Waals surface area contributed by atoms with Crippen molar-refractivity contribution in [2.75, 3.05) is 11.9 Å². The van der Waals surface area contributed by atoms with Crippen LogP contribution in [-0.2, 0) is 0 Å². The average Bonchev–Trinajstić information content (AvgIpc) is 3.42. The van der Waals surface area contributed by atoms with Crippen LogP contribution in [-0.4, -0.2) is 22.5 Å². The van der Waals surface area contributed by atoms with Gasteiger partial charge in [0, 0.05) is 23.9 Å². The number of anilines is 1. The lowest BCUT2D eigenvalue weighted by molar-refractivity contribution is 0.199. The Bertz CT molecular complexity index is 1340. The molecule has 1 aliphatic rings. The van der Waals surface area contributed by atoms with E-state index in [-0.39, 0.29) is 12.1 Å². The number of carbonyl (C=O) groups is 1. The number of carbonyl (C=O) groups excluding carboxylic acids is 1. The number of para-hydroxylation sites is 1. The van der Waals surface area contributed by atoms with Gasteiger partial charge in [-0.3, -0.25) is 0 Å².